The van der Waals surface area contributed by atoms with E-state index in [4.69, 9.17) is 4.74 Å². The number of carbonyl (C=O) groups is 4. The third-order valence-electron chi connectivity index (χ3n) is 9.89. The first-order valence-corrected chi connectivity index (χ1v) is 19.2. The molecule has 8 amide bonds. The Balaban J connectivity index is 1.28. The third kappa shape index (κ3) is 13.3. The third-order valence-corrected chi connectivity index (χ3v) is 9.89. The number of hydrogen-bond acceptors (Lipinski definition) is 6. The molecule has 4 aromatic rings. The highest BCUT2D eigenvalue weighted by atomic mass is 16.5. The summed E-state index contributed by atoms with van der Waals surface area (Å²) in [5, 5.41) is 13.8. The van der Waals surface area contributed by atoms with Crippen molar-refractivity contribution >= 4 is 41.2 Å². The van der Waals surface area contributed by atoms with Crippen LogP contribution in [-0.4, -0.2) is 97.8 Å². The van der Waals surface area contributed by atoms with Crippen LogP contribution in [0.5, 0.6) is 5.75 Å². The van der Waals surface area contributed by atoms with Crippen molar-refractivity contribution in [2.75, 3.05) is 62.8 Å². The minimum Gasteiger partial charge on any atom is -0.497 e. The number of para-hydroxylation sites is 3. The van der Waals surface area contributed by atoms with Crippen molar-refractivity contribution in [3.05, 3.63) is 121 Å². The lowest BCUT2D eigenvalue weighted by atomic mass is 10.1. The number of nitrogens with one attached hydrogen (secondary N) is 5. The van der Waals surface area contributed by atoms with E-state index < -0.39 is 18.1 Å². The topological polar surface area (TPSA) is 147 Å². The van der Waals surface area contributed by atoms with Gasteiger partial charge in [-0.05, 0) is 99.2 Å². The van der Waals surface area contributed by atoms with Crippen molar-refractivity contribution in [2.45, 2.75) is 50.6 Å². The number of nitrogens with zero attached hydrogens (tertiary/aromatic N) is 3. The normalized spacial score (nSPS) is 14.2. The summed E-state index contributed by atoms with van der Waals surface area (Å²) >= 11 is 0. The van der Waals surface area contributed by atoms with Crippen LogP contribution in [0.15, 0.2) is 115 Å². The van der Waals surface area contributed by atoms with Gasteiger partial charge >= 0.3 is 24.1 Å². The molecule has 1 fully saturated rings. The molecule has 0 aliphatic carbocycles. The molecule has 4 aromatic carbocycles. The van der Waals surface area contributed by atoms with Gasteiger partial charge in [0, 0.05) is 56.3 Å². The molecule has 1 aliphatic rings. The first-order chi connectivity index (χ1) is 27.3. The molecule has 13 nitrogen and oxygen atoms in total. The van der Waals surface area contributed by atoms with Crippen molar-refractivity contribution in [2.24, 2.45) is 0 Å². The summed E-state index contributed by atoms with van der Waals surface area (Å²) in [5.74, 6) is 0.820. The van der Waals surface area contributed by atoms with E-state index in [0.29, 0.717) is 43.7 Å². The van der Waals surface area contributed by atoms with Crippen LogP contribution in [0.1, 0.15) is 37.7 Å². The number of rotatable bonds is 17. The average molecular weight is 763 g/mol. The maximum absolute atomic E-state index is 14.2. The van der Waals surface area contributed by atoms with Crippen molar-refractivity contribution in [1.82, 2.24) is 25.3 Å². The van der Waals surface area contributed by atoms with Crippen LogP contribution in [0.25, 0.3) is 0 Å². The van der Waals surface area contributed by atoms with E-state index >= 15 is 0 Å². The van der Waals surface area contributed by atoms with Gasteiger partial charge < -0.3 is 35.8 Å². The average Bonchev–Trinajstić information content (AvgIpc) is 3.67. The highest BCUT2D eigenvalue weighted by molar-refractivity contribution is 6.00. The second kappa shape index (κ2) is 21.7. The number of anilines is 3. The molecular formula is C43H54N8O5. The largest absolute Gasteiger partial charge is 0.497 e. The quantitative estimate of drug-likeness (QED) is 0.0706. The first-order valence-electron chi connectivity index (χ1n) is 19.2. The number of carbonyl (C=O) groups excluding carboxylic acids is 4. The Bertz CT molecular complexity index is 1810. The summed E-state index contributed by atoms with van der Waals surface area (Å²) in [6.07, 6.45) is 4.70. The zero-order valence-corrected chi connectivity index (χ0v) is 32.3. The maximum atomic E-state index is 14.2. The number of urea groups is 4. The predicted octanol–water partition coefficient (Wildman–Crippen LogP) is 7.47. The monoisotopic (exact) mass is 762 g/mol. The lowest BCUT2D eigenvalue weighted by Gasteiger charge is -2.36. The second-order valence-corrected chi connectivity index (χ2v) is 13.9. The molecule has 2 atom stereocenters. The summed E-state index contributed by atoms with van der Waals surface area (Å²) in [4.78, 5) is 58.7. The smallest absolute Gasteiger partial charge is 0.327 e. The van der Waals surface area contributed by atoms with Gasteiger partial charge in [0.25, 0.3) is 0 Å². The van der Waals surface area contributed by atoms with Gasteiger partial charge in [-0.3, -0.25) is 10.2 Å². The van der Waals surface area contributed by atoms with Gasteiger partial charge in [0.15, 0.2) is 0 Å². The van der Waals surface area contributed by atoms with E-state index in [1.807, 2.05) is 83.8 Å². The Morgan fingerprint density at radius 2 is 1.34 bits per heavy atom. The van der Waals surface area contributed by atoms with Gasteiger partial charge in [-0.25, -0.2) is 19.2 Å². The molecule has 0 saturated carbocycles. The fraction of sp³-hybridized carbons (Fsp3) is 0.349. The molecule has 0 bridgehead atoms. The molecule has 0 unspecified atom stereocenters. The van der Waals surface area contributed by atoms with Crippen LogP contribution >= 0.6 is 0 Å². The standard InChI is InChI=1S/C43H54N8O5/c1-49(42(54)46-35-17-8-4-9-18-35)28-13-12-21-37(31-44-40(52)48-41(53)45-34-15-6-3-7-16-34)51(43(55)47-36-19-10-5-11-20-36)32-38-22-14-29-50(38)30-27-33-23-25-39(56-2)26-24-33/h3-11,15-20,23-26,37-38H,12-14,21-22,27-32H2,1-2H3,(H,46,54)(H,47,55)(H3,44,45,48,52,53)/t37-,38-/m1/s1. The fourth-order valence-corrected chi connectivity index (χ4v) is 6.78. The Morgan fingerprint density at radius 1 is 0.750 bits per heavy atom. The Hall–Kier alpha value is -6.08. The molecule has 1 saturated heterocycles. The van der Waals surface area contributed by atoms with Crippen molar-refractivity contribution < 1.29 is 23.9 Å². The number of ether oxygens (including phenoxy) is 1. The highest BCUT2D eigenvalue weighted by Crippen LogP contribution is 2.23. The lowest BCUT2D eigenvalue weighted by Crippen LogP contribution is -2.54. The zero-order valence-electron chi connectivity index (χ0n) is 32.3. The van der Waals surface area contributed by atoms with E-state index in [9.17, 15) is 19.2 Å². The Morgan fingerprint density at radius 3 is 1.95 bits per heavy atom. The number of benzene rings is 4. The number of amides is 8. The molecule has 296 valence electrons. The lowest BCUT2D eigenvalue weighted by molar-refractivity contribution is 0.144. The molecule has 56 heavy (non-hydrogen) atoms. The summed E-state index contributed by atoms with van der Waals surface area (Å²) in [6.45, 7) is 2.81. The number of imide groups is 1. The fourth-order valence-electron chi connectivity index (χ4n) is 6.78. The minimum absolute atomic E-state index is 0.107. The van der Waals surface area contributed by atoms with Crippen LogP contribution in [0.2, 0.25) is 0 Å². The van der Waals surface area contributed by atoms with Crippen molar-refractivity contribution in [3.63, 3.8) is 0 Å². The number of unbranched alkanes of at least 4 members (excludes halogenated alkanes) is 1. The molecule has 0 radical (unpaired) electrons. The van der Waals surface area contributed by atoms with Gasteiger partial charge in [-0.2, -0.15) is 0 Å². The zero-order chi connectivity index (χ0) is 39.5. The van der Waals surface area contributed by atoms with E-state index in [-0.39, 0.29) is 24.6 Å². The Kier molecular flexibility index (Phi) is 15.9. The highest BCUT2D eigenvalue weighted by Gasteiger charge is 2.32. The van der Waals surface area contributed by atoms with E-state index in [2.05, 4.69) is 43.6 Å². The van der Waals surface area contributed by atoms with Crippen molar-refractivity contribution in [1.29, 1.82) is 0 Å². The minimum atomic E-state index is -0.675. The van der Waals surface area contributed by atoms with Gasteiger partial charge in [-0.1, -0.05) is 66.7 Å². The second-order valence-electron chi connectivity index (χ2n) is 13.9. The van der Waals surface area contributed by atoms with E-state index in [1.54, 1.807) is 43.3 Å². The first kappa shape index (κ1) is 41.1. The van der Waals surface area contributed by atoms with Gasteiger partial charge in [0.1, 0.15) is 5.75 Å². The van der Waals surface area contributed by atoms with Crippen LogP contribution in [0, 0.1) is 0 Å². The van der Waals surface area contributed by atoms with Crippen LogP contribution < -0.4 is 31.3 Å². The summed E-state index contributed by atoms with van der Waals surface area (Å²) in [5.41, 5.74) is 3.14. The molecule has 0 aromatic heterocycles. The van der Waals surface area contributed by atoms with Crippen LogP contribution in [0.4, 0.5) is 36.2 Å². The predicted molar refractivity (Wildman–Crippen MR) is 221 cm³/mol. The van der Waals surface area contributed by atoms with E-state index in [1.165, 1.54) is 5.56 Å². The molecule has 0 spiro atoms. The molecule has 1 aliphatic heterocycles. The number of likely N-dealkylation sites (tertiary alicyclic amines) is 1. The Labute approximate surface area is 329 Å². The van der Waals surface area contributed by atoms with Gasteiger partial charge in [-0.15, -0.1) is 0 Å². The summed E-state index contributed by atoms with van der Waals surface area (Å²) < 4.78 is 5.33. The van der Waals surface area contributed by atoms with Gasteiger partial charge in [0.2, 0.25) is 0 Å². The molecule has 13 heteroatoms. The molecule has 1 heterocycles. The molecular weight excluding hydrogens is 709 g/mol. The summed E-state index contributed by atoms with van der Waals surface area (Å²) in [6, 6.07) is 33.4. The SMILES string of the molecule is COc1ccc(CCN2CCC[C@@H]2CN(C(=O)Nc2ccccc2)[C@H](CCCCN(C)C(=O)Nc2ccccc2)CNC(=O)NC(=O)Nc2ccccc2)cc1. The van der Waals surface area contributed by atoms with E-state index in [0.717, 1.165) is 43.8 Å². The number of hydrogen-bond donors (Lipinski definition) is 5. The van der Waals surface area contributed by atoms with Crippen LogP contribution in [-0.2, 0) is 6.42 Å². The van der Waals surface area contributed by atoms with Gasteiger partial charge in [0.05, 0.1) is 13.2 Å². The van der Waals surface area contributed by atoms with Crippen LogP contribution in [0.3, 0.4) is 0 Å². The molecule has 5 N–H and O–H groups in total. The van der Waals surface area contributed by atoms with Crippen molar-refractivity contribution in [3.8, 4) is 5.75 Å². The molecule has 5 rings (SSSR count). The number of methoxy groups -OCH3 is 1. The summed E-state index contributed by atoms with van der Waals surface area (Å²) in [7, 11) is 3.41. The maximum Gasteiger partial charge on any atom is 0.327 e.